The molecule has 0 radical (unpaired) electrons. The Labute approximate surface area is 196 Å². The highest BCUT2D eigenvalue weighted by molar-refractivity contribution is 5.95. The number of amides is 1. The topological polar surface area (TPSA) is 57.2 Å². The minimum atomic E-state index is -4.53. The van der Waals surface area contributed by atoms with Crippen LogP contribution in [0.5, 0.6) is 11.5 Å². The first kappa shape index (κ1) is 24.3. The Balaban J connectivity index is 1.67. The number of hydrogen-bond donors (Lipinski definition) is 0. The van der Waals surface area contributed by atoms with E-state index in [-0.39, 0.29) is 18.3 Å². The van der Waals surface area contributed by atoms with Crippen LogP contribution in [0.3, 0.4) is 0 Å². The Morgan fingerprint density at radius 3 is 2.47 bits per heavy atom. The Morgan fingerprint density at radius 1 is 1.09 bits per heavy atom. The second-order valence-corrected chi connectivity index (χ2v) is 8.39. The number of methoxy groups -OCH3 is 2. The van der Waals surface area contributed by atoms with Crippen LogP contribution in [-0.4, -0.2) is 57.5 Å². The first-order valence-electron chi connectivity index (χ1n) is 11.2. The standard InChI is InChI=1S/C25H28F3NO5/c1-31-22-13-16-6-9-29(24(30)17-4-3-5-18(12-17)25(26,27)28)21(20(16)14-23(22)32-2)15-34-19-7-10-33-11-8-19/h3-5,12-14,19,21H,6-11,15H2,1-2H3. The number of hydrogen-bond acceptors (Lipinski definition) is 5. The molecule has 0 saturated carbocycles. The maximum atomic E-state index is 13.5. The molecular weight excluding hydrogens is 451 g/mol. The van der Waals surface area contributed by atoms with Gasteiger partial charge in [-0.2, -0.15) is 13.2 Å². The Bertz CT molecular complexity index is 1020. The molecule has 1 saturated heterocycles. The highest BCUT2D eigenvalue weighted by atomic mass is 19.4. The zero-order chi connectivity index (χ0) is 24.3. The summed E-state index contributed by atoms with van der Waals surface area (Å²) in [5.74, 6) is 0.640. The van der Waals surface area contributed by atoms with E-state index in [1.807, 2.05) is 12.1 Å². The van der Waals surface area contributed by atoms with E-state index in [0.29, 0.717) is 37.7 Å². The molecule has 2 aliphatic rings. The summed E-state index contributed by atoms with van der Waals surface area (Å²) in [7, 11) is 3.09. The SMILES string of the molecule is COc1cc2c(cc1OC)C(COC1CCOCC1)N(C(=O)c1cccc(C(F)(F)F)c1)CC2. The monoisotopic (exact) mass is 479 g/mol. The predicted octanol–water partition coefficient (Wildman–Crippen LogP) is 4.66. The van der Waals surface area contributed by atoms with Gasteiger partial charge in [-0.25, -0.2) is 0 Å². The van der Waals surface area contributed by atoms with Crippen molar-refractivity contribution in [2.24, 2.45) is 0 Å². The summed E-state index contributed by atoms with van der Waals surface area (Å²) in [6, 6.07) is 7.79. The number of rotatable bonds is 6. The van der Waals surface area contributed by atoms with Crippen molar-refractivity contribution in [2.45, 2.75) is 37.6 Å². The molecule has 0 bridgehead atoms. The third kappa shape index (κ3) is 5.15. The highest BCUT2D eigenvalue weighted by Gasteiger charge is 2.35. The van der Waals surface area contributed by atoms with Crippen molar-refractivity contribution in [1.29, 1.82) is 0 Å². The van der Waals surface area contributed by atoms with Gasteiger partial charge in [-0.05, 0) is 60.7 Å². The fourth-order valence-corrected chi connectivity index (χ4v) is 4.52. The first-order valence-corrected chi connectivity index (χ1v) is 11.2. The summed E-state index contributed by atoms with van der Waals surface area (Å²) < 4.78 is 62.2. The normalized spacial score (nSPS) is 19.0. The van der Waals surface area contributed by atoms with Gasteiger partial charge in [-0.15, -0.1) is 0 Å². The molecular formula is C25H28F3NO5. The van der Waals surface area contributed by atoms with Crippen molar-refractivity contribution < 1.29 is 36.9 Å². The van der Waals surface area contributed by atoms with Crippen molar-refractivity contribution >= 4 is 5.91 Å². The minimum absolute atomic E-state index is 0.00443. The van der Waals surface area contributed by atoms with Gasteiger partial charge in [0.15, 0.2) is 11.5 Å². The molecule has 2 aliphatic heterocycles. The van der Waals surface area contributed by atoms with E-state index in [4.69, 9.17) is 18.9 Å². The van der Waals surface area contributed by atoms with Gasteiger partial charge < -0.3 is 23.8 Å². The lowest BCUT2D eigenvalue weighted by atomic mass is 9.91. The van der Waals surface area contributed by atoms with Crippen LogP contribution in [0.15, 0.2) is 36.4 Å². The zero-order valence-electron chi connectivity index (χ0n) is 19.2. The smallest absolute Gasteiger partial charge is 0.416 e. The summed E-state index contributed by atoms with van der Waals surface area (Å²) in [4.78, 5) is 15.1. The molecule has 1 fully saturated rings. The number of fused-ring (bicyclic) bond motifs is 1. The van der Waals surface area contributed by atoms with E-state index in [1.165, 1.54) is 19.2 Å². The molecule has 1 unspecified atom stereocenters. The van der Waals surface area contributed by atoms with Crippen LogP contribution < -0.4 is 9.47 Å². The average Bonchev–Trinajstić information content (AvgIpc) is 2.86. The van der Waals surface area contributed by atoms with Crippen LogP contribution in [0.4, 0.5) is 13.2 Å². The lowest BCUT2D eigenvalue weighted by Gasteiger charge is -2.38. The van der Waals surface area contributed by atoms with Gasteiger partial charge in [0.25, 0.3) is 5.91 Å². The Hall–Kier alpha value is -2.78. The van der Waals surface area contributed by atoms with Crippen molar-refractivity contribution in [2.75, 3.05) is 40.6 Å². The Morgan fingerprint density at radius 2 is 1.79 bits per heavy atom. The summed E-state index contributed by atoms with van der Waals surface area (Å²) >= 11 is 0. The van der Waals surface area contributed by atoms with Gasteiger partial charge in [0.05, 0.1) is 38.5 Å². The van der Waals surface area contributed by atoms with Gasteiger partial charge in [-0.3, -0.25) is 4.79 Å². The summed E-state index contributed by atoms with van der Waals surface area (Å²) in [5, 5.41) is 0. The molecule has 0 aromatic heterocycles. The minimum Gasteiger partial charge on any atom is -0.493 e. The molecule has 4 rings (SSSR count). The molecule has 184 valence electrons. The van der Waals surface area contributed by atoms with Gasteiger partial charge >= 0.3 is 6.18 Å². The van der Waals surface area contributed by atoms with Crippen LogP contribution >= 0.6 is 0 Å². The largest absolute Gasteiger partial charge is 0.493 e. The van der Waals surface area contributed by atoms with Crippen LogP contribution in [0.1, 0.15) is 45.9 Å². The molecule has 34 heavy (non-hydrogen) atoms. The molecule has 0 spiro atoms. The molecule has 0 N–H and O–H groups in total. The van der Waals surface area contributed by atoms with Gasteiger partial charge in [0.1, 0.15) is 0 Å². The molecule has 1 amide bonds. The number of carbonyl (C=O) groups excluding carboxylic acids is 1. The zero-order valence-corrected chi connectivity index (χ0v) is 19.2. The van der Waals surface area contributed by atoms with Gasteiger partial charge in [0.2, 0.25) is 0 Å². The fraction of sp³-hybridized carbons (Fsp3) is 0.480. The van der Waals surface area contributed by atoms with Gasteiger partial charge in [-0.1, -0.05) is 6.07 Å². The summed E-state index contributed by atoms with van der Waals surface area (Å²) in [5.41, 5.74) is 0.981. The number of nitrogens with zero attached hydrogens (tertiary/aromatic N) is 1. The van der Waals surface area contributed by atoms with E-state index in [9.17, 15) is 18.0 Å². The van der Waals surface area contributed by atoms with E-state index in [0.717, 1.165) is 36.1 Å². The van der Waals surface area contributed by atoms with Crippen LogP contribution in [0.2, 0.25) is 0 Å². The molecule has 0 aliphatic carbocycles. The second kappa shape index (κ2) is 10.2. The van der Waals surface area contributed by atoms with Crippen molar-refractivity contribution in [3.05, 3.63) is 58.7 Å². The third-order valence-electron chi connectivity index (χ3n) is 6.36. The highest BCUT2D eigenvalue weighted by Crippen LogP contribution is 2.39. The molecule has 2 aromatic rings. The van der Waals surface area contributed by atoms with Gasteiger partial charge in [0, 0.05) is 25.3 Å². The lowest BCUT2D eigenvalue weighted by Crippen LogP contribution is -2.43. The van der Waals surface area contributed by atoms with Crippen LogP contribution in [0.25, 0.3) is 0 Å². The second-order valence-electron chi connectivity index (χ2n) is 8.39. The maximum absolute atomic E-state index is 13.5. The number of benzene rings is 2. The first-order chi connectivity index (χ1) is 16.3. The molecule has 6 nitrogen and oxygen atoms in total. The molecule has 1 atom stereocenters. The maximum Gasteiger partial charge on any atom is 0.416 e. The van der Waals surface area contributed by atoms with Crippen molar-refractivity contribution in [3.63, 3.8) is 0 Å². The summed E-state index contributed by atoms with van der Waals surface area (Å²) in [6.07, 6.45) is -2.47. The predicted molar refractivity (Wildman–Crippen MR) is 118 cm³/mol. The molecule has 2 aromatic carbocycles. The van der Waals surface area contributed by atoms with Crippen molar-refractivity contribution in [3.8, 4) is 11.5 Å². The fourth-order valence-electron chi connectivity index (χ4n) is 4.52. The number of carbonyl (C=O) groups is 1. The summed E-state index contributed by atoms with van der Waals surface area (Å²) in [6.45, 7) is 1.80. The van der Waals surface area contributed by atoms with E-state index in [1.54, 1.807) is 12.0 Å². The number of alkyl halides is 3. The van der Waals surface area contributed by atoms with E-state index >= 15 is 0 Å². The average molecular weight is 479 g/mol. The van der Waals surface area contributed by atoms with E-state index in [2.05, 4.69) is 0 Å². The third-order valence-corrected chi connectivity index (χ3v) is 6.36. The molecule has 9 heteroatoms. The van der Waals surface area contributed by atoms with Crippen LogP contribution in [0, 0.1) is 0 Å². The lowest BCUT2D eigenvalue weighted by molar-refractivity contribution is -0.137. The number of halogens is 3. The quantitative estimate of drug-likeness (QED) is 0.604. The molecule has 2 heterocycles. The van der Waals surface area contributed by atoms with Crippen molar-refractivity contribution in [1.82, 2.24) is 4.90 Å². The van der Waals surface area contributed by atoms with E-state index < -0.39 is 23.7 Å². The Kier molecular flexibility index (Phi) is 7.33. The number of ether oxygens (including phenoxy) is 4. The van der Waals surface area contributed by atoms with Crippen LogP contribution in [-0.2, 0) is 22.1 Å².